The lowest BCUT2D eigenvalue weighted by atomic mass is 10.1. The summed E-state index contributed by atoms with van der Waals surface area (Å²) in [5.41, 5.74) is 6.51. The number of carbonyl (C=O) groups excluding carboxylic acids is 1. The van der Waals surface area contributed by atoms with Crippen LogP contribution in [0.2, 0.25) is 10.2 Å². The van der Waals surface area contributed by atoms with Crippen LogP contribution in [0.4, 0.5) is 0 Å². The summed E-state index contributed by atoms with van der Waals surface area (Å²) in [4.78, 5) is 15.4. The molecule has 0 atom stereocenters. The summed E-state index contributed by atoms with van der Waals surface area (Å²) in [6.07, 6.45) is 3.55. The Balaban J connectivity index is 1.47. The van der Waals surface area contributed by atoms with Crippen LogP contribution in [0.3, 0.4) is 0 Å². The van der Waals surface area contributed by atoms with Gasteiger partial charge in [-0.15, -0.1) is 0 Å². The van der Waals surface area contributed by atoms with Crippen molar-refractivity contribution in [1.82, 2.24) is 20.2 Å². The second kappa shape index (κ2) is 8.11. The van der Waals surface area contributed by atoms with Gasteiger partial charge in [0, 0.05) is 22.1 Å². The maximum Gasteiger partial charge on any atom is 0.244 e. The van der Waals surface area contributed by atoms with E-state index in [1.165, 1.54) is 6.21 Å². The van der Waals surface area contributed by atoms with Gasteiger partial charge in [0.1, 0.15) is 5.15 Å². The van der Waals surface area contributed by atoms with E-state index in [2.05, 4.69) is 20.6 Å². The summed E-state index contributed by atoms with van der Waals surface area (Å²) in [5.74, 6) is -0.220. The zero-order valence-corrected chi connectivity index (χ0v) is 17.0. The fraction of sp³-hybridized carbons (Fsp3) is 0.0952. The molecule has 0 bridgehead atoms. The van der Waals surface area contributed by atoms with Crippen molar-refractivity contribution in [3.63, 3.8) is 0 Å². The van der Waals surface area contributed by atoms with Crippen LogP contribution < -0.4 is 5.43 Å². The second-order valence-electron chi connectivity index (χ2n) is 6.51. The van der Waals surface area contributed by atoms with E-state index in [1.54, 1.807) is 16.8 Å². The first-order chi connectivity index (χ1) is 14.0. The molecule has 4 aromatic rings. The smallest absolute Gasteiger partial charge is 0.244 e. The minimum Gasteiger partial charge on any atom is -0.361 e. The molecule has 0 spiro atoms. The van der Waals surface area contributed by atoms with Crippen LogP contribution in [-0.2, 0) is 11.2 Å². The molecule has 2 aromatic carbocycles. The van der Waals surface area contributed by atoms with Gasteiger partial charge in [-0.25, -0.2) is 10.1 Å². The van der Waals surface area contributed by atoms with Crippen LogP contribution in [0.25, 0.3) is 16.6 Å². The van der Waals surface area contributed by atoms with Crippen molar-refractivity contribution in [2.24, 2.45) is 5.10 Å². The van der Waals surface area contributed by atoms with Crippen LogP contribution in [0.15, 0.2) is 59.8 Å². The van der Waals surface area contributed by atoms with Crippen molar-refractivity contribution in [3.8, 4) is 5.69 Å². The van der Waals surface area contributed by atoms with Crippen LogP contribution in [-0.4, -0.2) is 26.9 Å². The van der Waals surface area contributed by atoms with Crippen molar-refractivity contribution in [2.75, 3.05) is 0 Å². The molecule has 2 N–H and O–H groups in total. The van der Waals surface area contributed by atoms with Crippen LogP contribution >= 0.6 is 23.2 Å². The zero-order valence-electron chi connectivity index (χ0n) is 15.5. The van der Waals surface area contributed by atoms with Crippen molar-refractivity contribution < 1.29 is 4.79 Å². The summed E-state index contributed by atoms with van der Waals surface area (Å²) in [6.45, 7) is 1.82. The quantitative estimate of drug-likeness (QED) is 0.360. The Morgan fingerprint density at radius 2 is 2.07 bits per heavy atom. The number of carbonyl (C=O) groups is 1. The number of nitrogens with one attached hydrogen (secondary N) is 2. The highest BCUT2D eigenvalue weighted by Crippen LogP contribution is 2.23. The van der Waals surface area contributed by atoms with Gasteiger partial charge in [0.2, 0.25) is 5.91 Å². The predicted molar refractivity (Wildman–Crippen MR) is 116 cm³/mol. The number of halogens is 2. The molecule has 0 aliphatic heterocycles. The molecule has 0 unspecified atom stereocenters. The van der Waals surface area contributed by atoms with Gasteiger partial charge < -0.3 is 4.98 Å². The first-order valence-electron chi connectivity index (χ1n) is 8.91. The van der Waals surface area contributed by atoms with E-state index in [0.717, 1.165) is 22.2 Å². The van der Waals surface area contributed by atoms with Crippen molar-refractivity contribution in [2.45, 2.75) is 13.3 Å². The average molecular weight is 426 g/mol. The lowest BCUT2D eigenvalue weighted by Crippen LogP contribution is -2.19. The Bertz CT molecular complexity index is 1230. The van der Waals surface area contributed by atoms with Gasteiger partial charge >= 0.3 is 0 Å². The van der Waals surface area contributed by atoms with E-state index in [0.29, 0.717) is 21.4 Å². The Hall–Kier alpha value is -3.09. The highest BCUT2D eigenvalue weighted by Gasteiger charge is 2.14. The molecule has 0 aliphatic rings. The summed E-state index contributed by atoms with van der Waals surface area (Å²) < 4.78 is 1.58. The Morgan fingerprint density at radius 1 is 1.24 bits per heavy atom. The summed E-state index contributed by atoms with van der Waals surface area (Å²) in [5, 5.41) is 10.5. The lowest BCUT2D eigenvalue weighted by molar-refractivity contribution is -0.120. The number of nitrogens with zero attached hydrogens (tertiary/aromatic N) is 3. The number of para-hydroxylation sites is 1. The molecule has 0 saturated heterocycles. The third kappa shape index (κ3) is 4.04. The number of H-pyrrole nitrogens is 1. The molecule has 6 nitrogen and oxygen atoms in total. The average Bonchev–Trinajstić information content (AvgIpc) is 3.24. The molecule has 0 fully saturated rings. The van der Waals surface area contributed by atoms with E-state index < -0.39 is 0 Å². The molecule has 0 radical (unpaired) electrons. The SMILES string of the molecule is Cc1nn(-c2cccc(Cl)c2)c(Cl)c1/C=N/NC(=O)Cc1c[nH]c2ccccc12. The fourth-order valence-corrected chi connectivity index (χ4v) is 3.60. The lowest BCUT2D eigenvalue weighted by Gasteiger charge is -2.03. The van der Waals surface area contributed by atoms with Gasteiger partial charge in [-0.3, -0.25) is 4.79 Å². The highest BCUT2D eigenvalue weighted by atomic mass is 35.5. The number of benzene rings is 2. The molecule has 29 heavy (non-hydrogen) atoms. The fourth-order valence-electron chi connectivity index (χ4n) is 3.10. The van der Waals surface area contributed by atoms with Gasteiger partial charge in [0.05, 0.1) is 29.6 Å². The summed E-state index contributed by atoms with van der Waals surface area (Å²) in [7, 11) is 0. The Labute approximate surface area is 177 Å². The van der Waals surface area contributed by atoms with Gasteiger partial charge in [0.25, 0.3) is 0 Å². The highest BCUT2D eigenvalue weighted by molar-refractivity contribution is 6.32. The van der Waals surface area contributed by atoms with Crippen molar-refractivity contribution in [3.05, 3.63) is 81.7 Å². The number of aromatic nitrogens is 3. The minimum absolute atomic E-state index is 0.218. The number of aromatic amines is 1. The molecule has 0 aliphatic carbocycles. The van der Waals surface area contributed by atoms with Gasteiger partial charge in [0.15, 0.2) is 0 Å². The Kier molecular flexibility index (Phi) is 5.38. The monoisotopic (exact) mass is 425 g/mol. The molecule has 146 valence electrons. The van der Waals surface area contributed by atoms with Gasteiger partial charge in [-0.2, -0.15) is 10.2 Å². The zero-order chi connectivity index (χ0) is 20.4. The number of aryl methyl sites for hydroxylation is 1. The van der Waals surface area contributed by atoms with Crippen LogP contribution in [0.5, 0.6) is 0 Å². The number of hydrogen-bond acceptors (Lipinski definition) is 3. The normalized spacial score (nSPS) is 11.4. The molecule has 1 amide bonds. The number of fused-ring (bicyclic) bond motifs is 1. The largest absolute Gasteiger partial charge is 0.361 e. The van der Waals surface area contributed by atoms with Crippen molar-refractivity contribution >= 4 is 46.2 Å². The predicted octanol–water partition coefficient (Wildman–Crippen LogP) is 4.66. The third-order valence-corrected chi connectivity index (χ3v) is 5.11. The number of hydrazone groups is 1. The maximum atomic E-state index is 12.3. The first kappa shape index (κ1) is 19.2. The molecule has 2 heterocycles. The number of rotatable bonds is 5. The summed E-state index contributed by atoms with van der Waals surface area (Å²) in [6, 6.07) is 15.1. The van der Waals surface area contributed by atoms with Crippen LogP contribution in [0.1, 0.15) is 16.8 Å². The first-order valence-corrected chi connectivity index (χ1v) is 9.66. The topological polar surface area (TPSA) is 75.1 Å². The Morgan fingerprint density at radius 3 is 2.90 bits per heavy atom. The van der Waals surface area contributed by atoms with Gasteiger partial charge in [-0.05, 0) is 36.8 Å². The maximum absolute atomic E-state index is 12.3. The van der Waals surface area contributed by atoms with Gasteiger partial charge in [-0.1, -0.05) is 47.5 Å². The van der Waals surface area contributed by atoms with E-state index in [-0.39, 0.29) is 12.3 Å². The molecule has 8 heteroatoms. The molecule has 4 rings (SSSR count). The van der Waals surface area contributed by atoms with E-state index >= 15 is 0 Å². The summed E-state index contributed by atoms with van der Waals surface area (Å²) >= 11 is 12.5. The molecular weight excluding hydrogens is 409 g/mol. The number of amides is 1. The molecule has 2 aromatic heterocycles. The van der Waals surface area contributed by atoms with E-state index in [1.807, 2.05) is 49.5 Å². The van der Waals surface area contributed by atoms with Crippen LogP contribution in [0, 0.1) is 6.92 Å². The van der Waals surface area contributed by atoms with E-state index in [4.69, 9.17) is 23.2 Å². The minimum atomic E-state index is -0.220. The third-order valence-electron chi connectivity index (χ3n) is 4.51. The van der Waals surface area contributed by atoms with Crippen molar-refractivity contribution in [1.29, 1.82) is 0 Å². The molecule has 0 saturated carbocycles. The second-order valence-corrected chi connectivity index (χ2v) is 7.31. The molecular formula is C21H17Cl2N5O. The van der Waals surface area contributed by atoms with E-state index in [9.17, 15) is 4.79 Å². The number of hydrogen-bond donors (Lipinski definition) is 2. The standard InChI is InChI=1S/C21H17Cl2N5O/c1-13-18(21(23)28(27-13)16-6-4-5-15(22)10-16)12-25-26-20(29)9-14-11-24-19-8-3-2-7-17(14)19/h2-8,10-12,24H,9H2,1H3,(H,26,29)/b25-12+.